The normalized spacial score (nSPS) is 18.7. The predicted molar refractivity (Wildman–Crippen MR) is 79.5 cm³/mol. The van der Waals surface area contributed by atoms with Gasteiger partial charge in [-0.3, -0.25) is 4.79 Å². The second-order valence-electron chi connectivity index (χ2n) is 5.97. The zero-order valence-corrected chi connectivity index (χ0v) is 12.2. The Balaban J connectivity index is 1.45. The third-order valence-corrected chi connectivity index (χ3v) is 4.20. The van der Waals surface area contributed by atoms with E-state index < -0.39 is 0 Å². The van der Waals surface area contributed by atoms with Gasteiger partial charge in [0.1, 0.15) is 13.2 Å². The van der Waals surface area contributed by atoms with Crippen LogP contribution in [-0.4, -0.2) is 31.2 Å². The summed E-state index contributed by atoms with van der Waals surface area (Å²) in [6.07, 6.45) is 4.28. The van der Waals surface area contributed by atoms with Crippen molar-refractivity contribution in [3.05, 3.63) is 23.8 Å². The van der Waals surface area contributed by atoms with Crippen LogP contribution in [0.2, 0.25) is 0 Å². The van der Waals surface area contributed by atoms with Crippen molar-refractivity contribution in [2.24, 2.45) is 5.73 Å². The van der Waals surface area contributed by atoms with E-state index in [4.69, 9.17) is 15.2 Å². The maximum absolute atomic E-state index is 11.8. The number of ether oxygens (including phenoxy) is 2. The van der Waals surface area contributed by atoms with Crippen molar-refractivity contribution >= 4 is 5.91 Å². The van der Waals surface area contributed by atoms with Gasteiger partial charge in [-0.2, -0.15) is 0 Å². The molecule has 1 aliphatic carbocycles. The fraction of sp³-hybridized carbons (Fsp3) is 0.562. The lowest BCUT2D eigenvalue weighted by molar-refractivity contribution is -0.122. The molecule has 1 heterocycles. The van der Waals surface area contributed by atoms with Crippen LogP contribution in [0, 0.1) is 0 Å². The summed E-state index contributed by atoms with van der Waals surface area (Å²) in [4.78, 5) is 11.8. The maximum atomic E-state index is 11.8. The molecule has 0 unspecified atom stereocenters. The molecule has 0 saturated heterocycles. The van der Waals surface area contributed by atoms with E-state index >= 15 is 0 Å². The number of hydrogen-bond acceptors (Lipinski definition) is 4. The van der Waals surface area contributed by atoms with Crippen molar-refractivity contribution in [2.45, 2.75) is 37.6 Å². The largest absolute Gasteiger partial charge is 0.486 e. The molecule has 114 valence electrons. The molecule has 5 heteroatoms. The van der Waals surface area contributed by atoms with E-state index in [2.05, 4.69) is 5.32 Å². The summed E-state index contributed by atoms with van der Waals surface area (Å²) in [5, 5.41) is 2.94. The van der Waals surface area contributed by atoms with Crippen molar-refractivity contribution in [1.82, 2.24) is 5.32 Å². The SMILES string of the molecule is NC1(CC(=O)NCCc2ccc3c(c2)OCCO3)CCC1. The molecule has 5 nitrogen and oxygen atoms in total. The standard InChI is InChI=1S/C16H22N2O3/c17-16(5-1-6-16)11-15(19)18-7-4-12-2-3-13-14(10-12)21-9-8-20-13/h2-3,10H,1,4-9,11,17H2,(H,18,19). The minimum Gasteiger partial charge on any atom is -0.486 e. The number of amides is 1. The predicted octanol–water partition coefficient (Wildman–Crippen LogP) is 1.39. The summed E-state index contributed by atoms with van der Waals surface area (Å²) in [6, 6.07) is 5.92. The first-order chi connectivity index (χ1) is 10.1. The molecule has 2 aliphatic rings. The summed E-state index contributed by atoms with van der Waals surface area (Å²) in [7, 11) is 0. The van der Waals surface area contributed by atoms with E-state index in [-0.39, 0.29) is 11.4 Å². The van der Waals surface area contributed by atoms with E-state index in [0.717, 1.165) is 42.7 Å². The average molecular weight is 290 g/mol. The molecule has 3 N–H and O–H groups in total. The molecule has 1 saturated carbocycles. The Morgan fingerprint density at radius 3 is 2.71 bits per heavy atom. The van der Waals surface area contributed by atoms with E-state index in [9.17, 15) is 4.79 Å². The Bertz CT molecular complexity index is 526. The smallest absolute Gasteiger partial charge is 0.221 e. The number of hydrogen-bond donors (Lipinski definition) is 2. The molecular formula is C16H22N2O3. The highest BCUT2D eigenvalue weighted by molar-refractivity contribution is 5.77. The molecule has 1 aliphatic heterocycles. The number of rotatable bonds is 5. The molecule has 0 spiro atoms. The highest BCUT2D eigenvalue weighted by atomic mass is 16.6. The number of fused-ring (bicyclic) bond motifs is 1. The molecule has 0 atom stereocenters. The van der Waals surface area contributed by atoms with Gasteiger partial charge in [0, 0.05) is 18.5 Å². The van der Waals surface area contributed by atoms with Crippen LogP contribution in [-0.2, 0) is 11.2 Å². The second kappa shape index (κ2) is 5.93. The van der Waals surface area contributed by atoms with E-state index in [0.29, 0.717) is 26.2 Å². The third kappa shape index (κ3) is 3.47. The van der Waals surface area contributed by atoms with Gasteiger partial charge in [-0.1, -0.05) is 6.07 Å². The highest BCUT2D eigenvalue weighted by Gasteiger charge is 2.34. The molecule has 1 aromatic rings. The van der Waals surface area contributed by atoms with Crippen molar-refractivity contribution < 1.29 is 14.3 Å². The van der Waals surface area contributed by atoms with Gasteiger partial charge >= 0.3 is 0 Å². The van der Waals surface area contributed by atoms with Crippen molar-refractivity contribution in [3.63, 3.8) is 0 Å². The van der Waals surface area contributed by atoms with Gasteiger partial charge in [-0.15, -0.1) is 0 Å². The zero-order chi connectivity index (χ0) is 14.7. The van der Waals surface area contributed by atoms with Gasteiger partial charge in [0.15, 0.2) is 11.5 Å². The third-order valence-electron chi connectivity index (χ3n) is 4.20. The van der Waals surface area contributed by atoms with Crippen LogP contribution in [0.25, 0.3) is 0 Å². The fourth-order valence-corrected chi connectivity index (χ4v) is 2.78. The van der Waals surface area contributed by atoms with Crippen molar-refractivity contribution in [1.29, 1.82) is 0 Å². The first-order valence-electron chi connectivity index (χ1n) is 7.59. The summed E-state index contributed by atoms with van der Waals surface area (Å²) < 4.78 is 11.0. The number of carbonyl (C=O) groups is 1. The van der Waals surface area contributed by atoms with Gasteiger partial charge in [0.2, 0.25) is 5.91 Å². The van der Waals surface area contributed by atoms with E-state index in [1.54, 1.807) is 0 Å². The summed E-state index contributed by atoms with van der Waals surface area (Å²) >= 11 is 0. The topological polar surface area (TPSA) is 73.6 Å². The molecule has 0 radical (unpaired) electrons. The van der Waals surface area contributed by atoms with E-state index in [1.807, 2.05) is 18.2 Å². The zero-order valence-electron chi connectivity index (χ0n) is 12.2. The lowest BCUT2D eigenvalue weighted by Gasteiger charge is -2.37. The average Bonchev–Trinajstić information content (AvgIpc) is 2.45. The van der Waals surface area contributed by atoms with Crippen LogP contribution in [0.4, 0.5) is 0 Å². The lowest BCUT2D eigenvalue weighted by Crippen LogP contribution is -2.50. The van der Waals surface area contributed by atoms with Crippen molar-refractivity contribution in [3.8, 4) is 11.5 Å². The summed E-state index contributed by atoms with van der Waals surface area (Å²) in [5.41, 5.74) is 6.95. The second-order valence-corrected chi connectivity index (χ2v) is 5.97. The van der Waals surface area contributed by atoms with Crippen LogP contribution < -0.4 is 20.5 Å². The fourth-order valence-electron chi connectivity index (χ4n) is 2.78. The molecule has 0 aromatic heterocycles. The van der Waals surface area contributed by atoms with Crippen LogP contribution in [0.1, 0.15) is 31.2 Å². The molecule has 0 bridgehead atoms. The first kappa shape index (κ1) is 14.2. The van der Waals surface area contributed by atoms with Gasteiger partial charge in [-0.25, -0.2) is 0 Å². The van der Waals surface area contributed by atoms with Crippen LogP contribution in [0.15, 0.2) is 18.2 Å². The quantitative estimate of drug-likeness (QED) is 0.859. The monoisotopic (exact) mass is 290 g/mol. The van der Waals surface area contributed by atoms with Crippen LogP contribution >= 0.6 is 0 Å². The van der Waals surface area contributed by atoms with E-state index in [1.165, 1.54) is 0 Å². The maximum Gasteiger partial charge on any atom is 0.221 e. The minimum absolute atomic E-state index is 0.0507. The minimum atomic E-state index is -0.249. The van der Waals surface area contributed by atoms with Gasteiger partial charge in [0.05, 0.1) is 0 Å². The van der Waals surface area contributed by atoms with Crippen LogP contribution in [0.3, 0.4) is 0 Å². The first-order valence-corrected chi connectivity index (χ1v) is 7.59. The van der Waals surface area contributed by atoms with Crippen LogP contribution in [0.5, 0.6) is 11.5 Å². The summed E-state index contributed by atoms with van der Waals surface area (Å²) in [5.74, 6) is 1.64. The Morgan fingerprint density at radius 2 is 2.00 bits per heavy atom. The lowest BCUT2D eigenvalue weighted by atomic mass is 9.75. The highest BCUT2D eigenvalue weighted by Crippen LogP contribution is 2.32. The number of nitrogens with two attached hydrogens (primary N) is 1. The van der Waals surface area contributed by atoms with Gasteiger partial charge in [0.25, 0.3) is 0 Å². The Morgan fingerprint density at radius 1 is 1.24 bits per heavy atom. The molecule has 1 amide bonds. The number of carbonyl (C=O) groups excluding carboxylic acids is 1. The molecule has 1 fully saturated rings. The van der Waals surface area contributed by atoms with Gasteiger partial charge in [-0.05, 0) is 43.4 Å². The summed E-state index contributed by atoms with van der Waals surface area (Å²) in [6.45, 7) is 1.81. The number of nitrogens with one attached hydrogen (secondary N) is 1. The molecule has 21 heavy (non-hydrogen) atoms. The molecule has 3 rings (SSSR count). The Kier molecular flexibility index (Phi) is 4.01. The van der Waals surface area contributed by atoms with Gasteiger partial charge < -0.3 is 20.5 Å². The number of benzene rings is 1. The van der Waals surface area contributed by atoms with Crippen molar-refractivity contribution in [2.75, 3.05) is 19.8 Å². The molecular weight excluding hydrogens is 268 g/mol. The molecule has 1 aromatic carbocycles. The Hall–Kier alpha value is -1.75. The Labute approximate surface area is 124 Å².